The minimum Gasteiger partial charge on any atom is -0.481 e. The van der Waals surface area contributed by atoms with Crippen LogP contribution in [0.5, 0.6) is 0 Å². The van der Waals surface area contributed by atoms with Crippen molar-refractivity contribution in [2.24, 2.45) is 11.8 Å². The molecule has 9 nitrogen and oxygen atoms in total. The summed E-state index contributed by atoms with van der Waals surface area (Å²) in [4.78, 5) is 51.4. The number of rotatable bonds is 6. The summed E-state index contributed by atoms with van der Waals surface area (Å²) in [5, 5.41) is 11.6. The van der Waals surface area contributed by atoms with Gasteiger partial charge in [0.15, 0.2) is 0 Å². The molecular weight excluding hydrogens is 450 g/mol. The van der Waals surface area contributed by atoms with Crippen molar-refractivity contribution in [3.8, 4) is 0 Å². The number of carboxylic acid groups (broad SMARTS) is 1. The van der Waals surface area contributed by atoms with Crippen molar-refractivity contribution in [3.63, 3.8) is 0 Å². The summed E-state index contributed by atoms with van der Waals surface area (Å²) < 4.78 is 5.41. The topological polar surface area (TPSA) is 116 Å². The number of likely N-dealkylation sites (tertiary alicyclic amines) is 2. The van der Waals surface area contributed by atoms with Gasteiger partial charge in [0, 0.05) is 32.2 Å². The Morgan fingerprint density at radius 2 is 1.73 bits per heavy atom. The molecule has 0 aromatic rings. The highest BCUT2D eigenvalue weighted by Gasteiger charge is 2.29. The molecule has 2 atom stereocenters. The van der Waals surface area contributed by atoms with Gasteiger partial charge in [-0.05, 0) is 65.4 Å². The van der Waals surface area contributed by atoms with Crippen LogP contribution in [0.25, 0.3) is 0 Å². The maximum atomic E-state index is 12.7. The number of hydrogen-bond donors (Lipinski definition) is 2. The zero-order valence-corrected chi connectivity index (χ0v) is 20.9. The first kappa shape index (κ1) is 28.7. The van der Waals surface area contributed by atoms with Crippen LogP contribution in [0.15, 0.2) is 12.2 Å². The van der Waals surface area contributed by atoms with E-state index in [1.54, 1.807) is 22.8 Å². The van der Waals surface area contributed by atoms with E-state index in [4.69, 9.17) is 9.84 Å². The van der Waals surface area contributed by atoms with Crippen molar-refractivity contribution in [3.05, 3.63) is 12.2 Å². The van der Waals surface area contributed by atoms with Crippen LogP contribution >= 0.6 is 12.4 Å². The first-order chi connectivity index (χ1) is 14.9. The number of ether oxygens (including phenoxy) is 1. The fourth-order valence-corrected chi connectivity index (χ4v) is 3.99. The molecule has 0 aromatic carbocycles. The van der Waals surface area contributed by atoms with E-state index in [1.165, 1.54) is 0 Å². The van der Waals surface area contributed by atoms with Crippen molar-refractivity contribution in [1.29, 1.82) is 0 Å². The summed E-state index contributed by atoms with van der Waals surface area (Å²) in [6.45, 7) is 9.33. The Kier molecular flexibility index (Phi) is 11.2. The molecule has 1 unspecified atom stereocenters. The van der Waals surface area contributed by atoms with Crippen molar-refractivity contribution in [2.75, 3.05) is 26.2 Å². The van der Waals surface area contributed by atoms with Gasteiger partial charge in [-0.3, -0.25) is 14.4 Å². The fraction of sp³-hybridized carbons (Fsp3) is 0.739. The molecular formula is C23H38ClN3O6. The summed E-state index contributed by atoms with van der Waals surface area (Å²) in [5.41, 5.74) is -0.516. The molecule has 0 bridgehead atoms. The van der Waals surface area contributed by atoms with Gasteiger partial charge >= 0.3 is 12.1 Å². The molecule has 33 heavy (non-hydrogen) atoms. The molecule has 2 aliphatic rings. The van der Waals surface area contributed by atoms with E-state index in [9.17, 15) is 19.2 Å². The number of hydrogen-bond acceptors (Lipinski definition) is 5. The predicted octanol–water partition coefficient (Wildman–Crippen LogP) is 2.83. The third-order valence-corrected chi connectivity index (χ3v) is 5.68. The van der Waals surface area contributed by atoms with Gasteiger partial charge in [0.05, 0.1) is 12.3 Å². The van der Waals surface area contributed by atoms with E-state index in [0.717, 1.165) is 19.3 Å². The van der Waals surface area contributed by atoms with Crippen LogP contribution in [0.4, 0.5) is 4.79 Å². The summed E-state index contributed by atoms with van der Waals surface area (Å²) >= 11 is 0. The zero-order chi connectivity index (χ0) is 23.9. The third-order valence-electron chi connectivity index (χ3n) is 5.68. The van der Waals surface area contributed by atoms with Gasteiger partial charge < -0.3 is 25.0 Å². The molecule has 0 spiro atoms. The van der Waals surface area contributed by atoms with E-state index in [-0.39, 0.29) is 48.6 Å². The number of halogens is 1. The number of carbonyl (C=O) groups excluding carboxylic acids is 3. The van der Waals surface area contributed by atoms with Crippen LogP contribution in [-0.2, 0) is 19.1 Å². The second-order valence-corrected chi connectivity index (χ2v) is 9.79. The molecule has 2 heterocycles. The van der Waals surface area contributed by atoms with Crippen LogP contribution < -0.4 is 5.32 Å². The molecule has 2 aliphatic heterocycles. The minimum atomic E-state index is -0.958. The summed E-state index contributed by atoms with van der Waals surface area (Å²) in [6, 6.07) is -0.447. The Hall–Kier alpha value is -2.29. The number of aliphatic carboxylic acids is 1. The predicted molar refractivity (Wildman–Crippen MR) is 126 cm³/mol. The molecule has 0 saturated carbocycles. The standard InChI is InChI=1S/C23H37N3O6.ClH/c1-16(14-20(28)29)24-21(30)18-6-5-11-26(15-18)19(27)8-7-17-9-12-25(13-10-17)22(31)32-23(2,3)4;/h7-8,16-18H,5-6,9-15H2,1-4H3,(H,24,30)(H,28,29);1H/b8-7+;/t16?,18-;/m1./s1. The lowest BCUT2D eigenvalue weighted by Gasteiger charge is -2.33. The lowest BCUT2D eigenvalue weighted by molar-refractivity contribution is -0.137. The highest BCUT2D eigenvalue weighted by atomic mass is 35.5. The lowest BCUT2D eigenvalue weighted by atomic mass is 9.95. The Morgan fingerprint density at radius 1 is 1.09 bits per heavy atom. The van der Waals surface area contributed by atoms with Gasteiger partial charge in [-0.15, -0.1) is 12.4 Å². The largest absolute Gasteiger partial charge is 0.481 e. The first-order valence-corrected chi connectivity index (χ1v) is 11.4. The molecule has 2 saturated heterocycles. The molecule has 2 fully saturated rings. The van der Waals surface area contributed by atoms with Gasteiger partial charge in [0.2, 0.25) is 11.8 Å². The van der Waals surface area contributed by atoms with E-state index in [1.807, 2.05) is 26.8 Å². The van der Waals surface area contributed by atoms with Gasteiger partial charge in [-0.1, -0.05) is 6.08 Å². The molecule has 2 rings (SSSR count). The zero-order valence-electron chi connectivity index (χ0n) is 20.0. The summed E-state index contributed by atoms with van der Waals surface area (Å²) in [7, 11) is 0. The number of nitrogens with zero attached hydrogens (tertiary/aromatic N) is 2. The SMILES string of the molecule is CC(CC(=O)O)NC(=O)[C@@H]1CCCN(C(=O)/C=C/C2CCN(C(=O)OC(C)(C)C)CC2)C1.Cl. The first-order valence-electron chi connectivity index (χ1n) is 11.4. The Bertz CT molecular complexity index is 728. The van der Waals surface area contributed by atoms with Crippen molar-refractivity contribution < 1.29 is 29.0 Å². The molecule has 0 radical (unpaired) electrons. The number of allylic oxidation sites excluding steroid dienone is 1. The van der Waals surface area contributed by atoms with Gasteiger partial charge in [-0.2, -0.15) is 0 Å². The van der Waals surface area contributed by atoms with E-state index >= 15 is 0 Å². The lowest BCUT2D eigenvalue weighted by Crippen LogP contribution is -2.47. The number of carbonyl (C=O) groups is 4. The third kappa shape index (κ3) is 10.0. The average molecular weight is 488 g/mol. The Morgan fingerprint density at radius 3 is 2.30 bits per heavy atom. The number of piperidine rings is 2. The van der Waals surface area contributed by atoms with E-state index in [0.29, 0.717) is 32.6 Å². The minimum absolute atomic E-state index is 0. The molecule has 10 heteroatoms. The second kappa shape index (κ2) is 12.8. The van der Waals surface area contributed by atoms with Gasteiger partial charge in [-0.25, -0.2) is 4.79 Å². The van der Waals surface area contributed by atoms with E-state index < -0.39 is 17.6 Å². The molecule has 0 aromatic heterocycles. The highest BCUT2D eigenvalue weighted by molar-refractivity contribution is 5.88. The molecule has 0 aliphatic carbocycles. The number of carboxylic acids is 1. The van der Waals surface area contributed by atoms with Crippen molar-refractivity contribution >= 4 is 36.3 Å². The Labute approximate surface area is 202 Å². The van der Waals surface area contributed by atoms with Crippen LogP contribution in [0.3, 0.4) is 0 Å². The van der Waals surface area contributed by atoms with Crippen LogP contribution in [0.1, 0.15) is 59.8 Å². The number of nitrogens with one attached hydrogen (secondary N) is 1. The maximum Gasteiger partial charge on any atom is 0.410 e. The maximum absolute atomic E-state index is 12.7. The smallest absolute Gasteiger partial charge is 0.410 e. The van der Waals surface area contributed by atoms with Crippen molar-refractivity contribution in [1.82, 2.24) is 15.1 Å². The van der Waals surface area contributed by atoms with Gasteiger partial charge in [0.1, 0.15) is 5.60 Å². The molecule has 3 amide bonds. The Balaban J connectivity index is 0.00000544. The quantitative estimate of drug-likeness (QED) is 0.556. The van der Waals surface area contributed by atoms with E-state index in [2.05, 4.69) is 5.32 Å². The summed E-state index contributed by atoms with van der Waals surface area (Å²) in [6.07, 6.45) is 6.03. The van der Waals surface area contributed by atoms with Crippen LogP contribution in [-0.4, -0.2) is 76.6 Å². The van der Waals surface area contributed by atoms with Crippen molar-refractivity contribution in [2.45, 2.75) is 71.4 Å². The second-order valence-electron chi connectivity index (χ2n) is 9.79. The monoisotopic (exact) mass is 487 g/mol. The fourth-order valence-electron chi connectivity index (χ4n) is 3.99. The van der Waals surface area contributed by atoms with Crippen LogP contribution in [0.2, 0.25) is 0 Å². The highest BCUT2D eigenvalue weighted by Crippen LogP contribution is 2.22. The number of amides is 3. The normalized spacial score (nSPS) is 20.7. The van der Waals surface area contributed by atoms with Gasteiger partial charge in [0.25, 0.3) is 0 Å². The van der Waals surface area contributed by atoms with Crippen LogP contribution in [0, 0.1) is 11.8 Å². The molecule has 188 valence electrons. The average Bonchev–Trinajstić information content (AvgIpc) is 2.70. The molecule has 2 N–H and O–H groups in total. The summed E-state index contributed by atoms with van der Waals surface area (Å²) in [5.74, 6) is -1.38.